The van der Waals surface area contributed by atoms with E-state index in [2.05, 4.69) is 20.8 Å². The molecule has 0 bridgehead atoms. The monoisotopic (exact) mass is 510 g/mol. The molecule has 0 aliphatic carbocycles. The minimum atomic E-state index is -0.896. The molecule has 1 amide bonds. The second kappa shape index (κ2) is 11.1. The zero-order chi connectivity index (χ0) is 24.0. The summed E-state index contributed by atoms with van der Waals surface area (Å²) in [6.45, 7) is -0.305. The van der Waals surface area contributed by atoms with Gasteiger partial charge in [-0.25, -0.2) is 9.48 Å². The summed E-state index contributed by atoms with van der Waals surface area (Å²) in [5.74, 6) is -1.43. The molecule has 0 aliphatic heterocycles. The van der Waals surface area contributed by atoms with Gasteiger partial charge in [0.15, 0.2) is 6.61 Å². The SMILES string of the molecule is Cn1nnnc1Sc1ccc([N+](=O)[O-])cc1C(=O)OCC(=O)NCCc1ccc(Cl)cc1Cl. The standard InChI is InChI=1S/C19H16Cl2N6O5S/c1-26-19(23-24-25-26)33-16-5-4-13(27(30)31)9-14(16)18(29)32-10-17(28)22-7-6-11-2-3-12(20)8-15(11)21/h2-5,8-9H,6-7,10H2,1H3,(H,22,28). The van der Waals surface area contributed by atoms with Gasteiger partial charge in [-0.05, 0) is 52.4 Å². The number of nitrogens with one attached hydrogen (secondary N) is 1. The molecule has 14 heteroatoms. The van der Waals surface area contributed by atoms with Crippen LogP contribution in [0.1, 0.15) is 15.9 Å². The number of nitro groups is 1. The van der Waals surface area contributed by atoms with Crippen molar-refractivity contribution in [2.45, 2.75) is 16.5 Å². The molecule has 0 saturated carbocycles. The number of non-ortho nitro benzene ring substituents is 1. The minimum Gasteiger partial charge on any atom is -0.452 e. The molecule has 172 valence electrons. The lowest BCUT2D eigenvalue weighted by atomic mass is 10.1. The first-order chi connectivity index (χ1) is 15.7. The van der Waals surface area contributed by atoms with Crippen LogP contribution in [-0.2, 0) is 23.0 Å². The van der Waals surface area contributed by atoms with Gasteiger partial charge in [0, 0.05) is 40.7 Å². The van der Waals surface area contributed by atoms with E-state index in [0.29, 0.717) is 26.5 Å². The Kier molecular flexibility index (Phi) is 8.20. The summed E-state index contributed by atoms with van der Waals surface area (Å²) in [6.07, 6.45) is 0.451. The Morgan fingerprint density at radius 3 is 2.70 bits per heavy atom. The maximum Gasteiger partial charge on any atom is 0.340 e. The van der Waals surface area contributed by atoms with E-state index in [0.717, 1.165) is 23.4 Å². The van der Waals surface area contributed by atoms with Gasteiger partial charge in [-0.3, -0.25) is 14.9 Å². The number of hydrogen-bond acceptors (Lipinski definition) is 9. The Balaban J connectivity index is 1.61. The third-order valence-corrected chi connectivity index (χ3v) is 5.93. The zero-order valence-electron chi connectivity index (χ0n) is 17.0. The number of aromatic nitrogens is 4. The van der Waals surface area contributed by atoms with Gasteiger partial charge in [0.05, 0.1) is 10.5 Å². The second-order valence-electron chi connectivity index (χ2n) is 6.54. The normalized spacial score (nSPS) is 10.6. The summed E-state index contributed by atoms with van der Waals surface area (Å²) in [4.78, 5) is 35.5. The van der Waals surface area contributed by atoms with Crippen LogP contribution in [0.15, 0.2) is 46.5 Å². The summed E-state index contributed by atoms with van der Waals surface area (Å²) < 4.78 is 6.44. The molecule has 1 N–H and O–H groups in total. The lowest BCUT2D eigenvalue weighted by Gasteiger charge is -2.10. The number of rotatable bonds is 9. The number of carbonyl (C=O) groups excluding carboxylic acids is 2. The molecule has 0 radical (unpaired) electrons. The number of amides is 1. The molecule has 0 spiro atoms. The molecule has 0 unspecified atom stereocenters. The zero-order valence-corrected chi connectivity index (χ0v) is 19.4. The Morgan fingerprint density at radius 2 is 2.03 bits per heavy atom. The van der Waals surface area contributed by atoms with Crippen LogP contribution in [0.25, 0.3) is 0 Å². The number of aryl methyl sites for hydroxylation is 1. The molecule has 3 rings (SSSR count). The Bertz CT molecular complexity index is 1210. The molecule has 2 aromatic carbocycles. The first kappa shape index (κ1) is 24.4. The fourth-order valence-electron chi connectivity index (χ4n) is 2.61. The Labute approximate surface area is 201 Å². The second-order valence-corrected chi connectivity index (χ2v) is 8.39. The van der Waals surface area contributed by atoms with Crippen molar-refractivity contribution in [3.63, 3.8) is 0 Å². The summed E-state index contributed by atoms with van der Waals surface area (Å²) >= 11 is 13.0. The maximum atomic E-state index is 12.6. The van der Waals surface area contributed by atoms with Gasteiger partial charge in [0.1, 0.15) is 0 Å². The highest BCUT2D eigenvalue weighted by Gasteiger charge is 2.21. The van der Waals surface area contributed by atoms with Crippen molar-refractivity contribution < 1.29 is 19.2 Å². The van der Waals surface area contributed by atoms with Gasteiger partial charge in [-0.15, -0.1) is 5.10 Å². The molecule has 0 atom stereocenters. The van der Waals surface area contributed by atoms with Crippen LogP contribution in [0.5, 0.6) is 0 Å². The van der Waals surface area contributed by atoms with E-state index in [1.807, 2.05) is 0 Å². The third-order valence-electron chi connectivity index (χ3n) is 4.24. The van der Waals surface area contributed by atoms with E-state index < -0.39 is 23.4 Å². The lowest BCUT2D eigenvalue weighted by Crippen LogP contribution is -2.30. The summed E-state index contributed by atoms with van der Waals surface area (Å²) in [6, 6.07) is 8.77. The van der Waals surface area contributed by atoms with Crippen LogP contribution in [0.3, 0.4) is 0 Å². The van der Waals surface area contributed by atoms with Crippen molar-refractivity contribution in [2.75, 3.05) is 13.2 Å². The Hall–Kier alpha value is -3.22. The van der Waals surface area contributed by atoms with E-state index in [9.17, 15) is 19.7 Å². The topological polar surface area (TPSA) is 142 Å². The fourth-order valence-corrected chi connectivity index (χ4v) is 3.94. The average Bonchev–Trinajstić information content (AvgIpc) is 3.18. The third kappa shape index (κ3) is 6.63. The number of nitro benzene ring substituents is 1. The molecule has 0 saturated heterocycles. The predicted molar refractivity (Wildman–Crippen MR) is 119 cm³/mol. The number of carbonyl (C=O) groups is 2. The number of hydrogen-bond donors (Lipinski definition) is 1. The van der Waals surface area contributed by atoms with Gasteiger partial charge < -0.3 is 10.1 Å². The van der Waals surface area contributed by atoms with Crippen LogP contribution < -0.4 is 5.32 Å². The van der Waals surface area contributed by atoms with E-state index >= 15 is 0 Å². The van der Waals surface area contributed by atoms with Gasteiger partial charge >= 0.3 is 5.97 Å². The summed E-state index contributed by atoms with van der Waals surface area (Å²) in [5, 5.41) is 26.1. The van der Waals surface area contributed by atoms with Crippen LogP contribution in [0.4, 0.5) is 5.69 Å². The number of nitrogens with zero attached hydrogens (tertiary/aromatic N) is 5. The number of halogens is 2. The number of tetrazole rings is 1. The summed E-state index contributed by atoms with van der Waals surface area (Å²) in [5.41, 5.74) is 0.416. The van der Waals surface area contributed by atoms with Gasteiger partial charge in [-0.2, -0.15) is 0 Å². The van der Waals surface area contributed by atoms with Crippen molar-refractivity contribution >= 4 is 52.5 Å². The first-order valence-corrected chi connectivity index (χ1v) is 10.9. The van der Waals surface area contributed by atoms with E-state index in [1.54, 1.807) is 25.2 Å². The highest BCUT2D eigenvalue weighted by molar-refractivity contribution is 7.99. The maximum absolute atomic E-state index is 12.6. The van der Waals surface area contributed by atoms with Gasteiger partial charge in [0.2, 0.25) is 5.16 Å². The predicted octanol–water partition coefficient (Wildman–Crippen LogP) is 3.09. The molecule has 11 nitrogen and oxygen atoms in total. The van der Waals surface area contributed by atoms with E-state index in [4.69, 9.17) is 27.9 Å². The number of benzene rings is 2. The number of esters is 1. The van der Waals surface area contributed by atoms with Gasteiger partial charge in [-0.1, -0.05) is 29.3 Å². The smallest absolute Gasteiger partial charge is 0.340 e. The molecule has 1 aromatic heterocycles. The molecule has 3 aromatic rings. The summed E-state index contributed by atoms with van der Waals surface area (Å²) in [7, 11) is 1.60. The van der Waals surface area contributed by atoms with E-state index in [-0.39, 0.29) is 17.8 Å². The quantitative estimate of drug-likeness (QED) is 0.261. The van der Waals surface area contributed by atoms with Crippen LogP contribution in [-0.4, -0.2) is 50.2 Å². The molecule has 1 heterocycles. The largest absolute Gasteiger partial charge is 0.452 e. The van der Waals surface area contributed by atoms with Gasteiger partial charge in [0.25, 0.3) is 11.6 Å². The lowest BCUT2D eigenvalue weighted by molar-refractivity contribution is -0.384. The van der Waals surface area contributed by atoms with Crippen molar-refractivity contribution in [1.29, 1.82) is 0 Å². The average molecular weight is 511 g/mol. The highest BCUT2D eigenvalue weighted by Crippen LogP contribution is 2.31. The van der Waals surface area contributed by atoms with Crippen molar-refractivity contribution in [3.05, 3.63) is 67.7 Å². The van der Waals surface area contributed by atoms with Crippen LogP contribution in [0.2, 0.25) is 10.0 Å². The molecule has 0 fully saturated rings. The van der Waals surface area contributed by atoms with E-state index in [1.165, 1.54) is 16.8 Å². The first-order valence-electron chi connectivity index (χ1n) is 9.31. The highest BCUT2D eigenvalue weighted by atomic mass is 35.5. The van der Waals surface area contributed by atoms with Crippen molar-refractivity contribution in [1.82, 2.24) is 25.5 Å². The minimum absolute atomic E-state index is 0.0852. The fraction of sp³-hybridized carbons (Fsp3) is 0.211. The van der Waals surface area contributed by atoms with Crippen molar-refractivity contribution in [3.8, 4) is 0 Å². The molecule has 0 aliphatic rings. The van der Waals surface area contributed by atoms with Crippen molar-refractivity contribution in [2.24, 2.45) is 7.05 Å². The number of ether oxygens (including phenoxy) is 1. The van der Waals surface area contributed by atoms with Crippen LogP contribution >= 0.6 is 35.0 Å². The Morgan fingerprint density at radius 1 is 1.24 bits per heavy atom. The van der Waals surface area contributed by atoms with Crippen LogP contribution in [0, 0.1) is 10.1 Å². The molecular formula is C19H16Cl2N6O5S. The molecular weight excluding hydrogens is 495 g/mol. The molecule has 33 heavy (non-hydrogen) atoms.